The molecule has 0 saturated carbocycles. The normalized spacial score (nSPS) is 11.5. The lowest BCUT2D eigenvalue weighted by molar-refractivity contribution is -0.384. The van der Waals surface area contributed by atoms with Crippen LogP contribution in [0.3, 0.4) is 0 Å². The minimum atomic E-state index is -0.620. The Hall–Kier alpha value is -2.09. The first kappa shape index (κ1) is 17.0. The van der Waals surface area contributed by atoms with Gasteiger partial charge in [-0.05, 0) is 30.6 Å². The maximum absolute atomic E-state index is 12.1. The number of rotatable bonds is 7. The Morgan fingerprint density at radius 1 is 1.33 bits per heavy atom. The number of nitro groups is 1. The molecule has 0 fully saturated rings. The summed E-state index contributed by atoms with van der Waals surface area (Å²) in [6.45, 7) is 0. The lowest BCUT2D eigenvalue weighted by atomic mass is 10.1. The molecule has 0 radical (unpaired) electrons. The minimum Gasteiger partial charge on any atom is -0.357 e. The summed E-state index contributed by atoms with van der Waals surface area (Å²) in [5.74, 6) is 0.0393. The summed E-state index contributed by atoms with van der Waals surface area (Å²) in [5.41, 5.74) is 0.190. The average Bonchev–Trinajstić information content (AvgIpc) is 2.50. The van der Waals surface area contributed by atoms with Gasteiger partial charge in [-0.1, -0.05) is 0 Å². The van der Waals surface area contributed by atoms with Crippen molar-refractivity contribution in [3.05, 3.63) is 39.9 Å². The molecule has 2 N–H and O–H groups in total. The molecule has 1 atom stereocenters. The summed E-state index contributed by atoms with van der Waals surface area (Å²) < 4.78 is 0. The minimum absolute atomic E-state index is 0.0863. The molecule has 1 rings (SSSR count). The number of likely N-dealkylation sites (N-methyl/N-ethyl adjacent to an activating group) is 1. The molecule has 2 amide bonds. The molecule has 0 aliphatic carbocycles. The third kappa shape index (κ3) is 5.07. The highest BCUT2D eigenvalue weighted by molar-refractivity contribution is 7.98. The van der Waals surface area contributed by atoms with Gasteiger partial charge in [-0.15, -0.1) is 0 Å². The largest absolute Gasteiger partial charge is 0.357 e. The third-order valence-corrected chi connectivity index (χ3v) is 3.46. The number of thioether (sulfide) groups is 1. The molecule has 0 spiro atoms. The summed E-state index contributed by atoms with van der Waals surface area (Å²) in [7, 11) is 1.51. The van der Waals surface area contributed by atoms with Crippen molar-refractivity contribution in [1.82, 2.24) is 10.6 Å². The summed E-state index contributed by atoms with van der Waals surface area (Å²) in [5, 5.41) is 15.7. The van der Waals surface area contributed by atoms with Crippen molar-refractivity contribution < 1.29 is 14.5 Å². The Morgan fingerprint density at radius 3 is 2.43 bits per heavy atom. The van der Waals surface area contributed by atoms with E-state index in [2.05, 4.69) is 10.6 Å². The van der Waals surface area contributed by atoms with E-state index in [0.717, 1.165) is 5.75 Å². The monoisotopic (exact) mass is 311 g/mol. The zero-order chi connectivity index (χ0) is 15.8. The summed E-state index contributed by atoms with van der Waals surface area (Å²) >= 11 is 1.58. The van der Waals surface area contributed by atoms with Crippen molar-refractivity contribution >= 4 is 29.3 Å². The van der Waals surface area contributed by atoms with Gasteiger partial charge < -0.3 is 10.6 Å². The first-order chi connectivity index (χ1) is 9.99. The van der Waals surface area contributed by atoms with Gasteiger partial charge in [0.15, 0.2) is 0 Å². The van der Waals surface area contributed by atoms with Crippen LogP contribution in [0.1, 0.15) is 16.8 Å². The Bertz CT molecular complexity index is 519. The second-order valence-corrected chi connectivity index (χ2v) is 5.21. The van der Waals surface area contributed by atoms with Gasteiger partial charge in [0.1, 0.15) is 6.04 Å². The molecule has 1 aromatic rings. The fourth-order valence-electron chi connectivity index (χ4n) is 1.65. The highest BCUT2D eigenvalue weighted by atomic mass is 32.2. The molecule has 0 aliphatic heterocycles. The van der Waals surface area contributed by atoms with Crippen LogP contribution in [0.15, 0.2) is 24.3 Å². The maximum atomic E-state index is 12.1. The van der Waals surface area contributed by atoms with Gasteiger partial charge in [0, 0.05) is 24.7 Å². The molecular formula is C13H17N3O4S. The third-order valence-electron chi connectivity index (χ3n) is 2.82. The second-order valence-electron chi connectivity index (χ2n) is 4.23. The number of nitrogens with zero attached hydrogens (tertiary/aromatic N) is 1. The van der Waals surface area contributed by atoms with Gasteiger partial charge in [0.25, 0.3) is 11.6 Å². The highest BCUT2D eigenvalue weighted by Crippen LogP contribution is 2.12. The molecule has 0 unspecified atom stereocenters. The molecule has 114 valence electrons. The fraction of sp³-hybridized carbons (Fsp3) is 0.385. The molecule has 7 nitrogen and oxygen atoms in total. The standard InChI is InChI=1S/C13H17N3O4S/c1-14-13(18)11(7-8-21-2)15-12(17)9-3-5-10(6-4-9)16(19)20/h3-6,11H,7-8H2,1-2H3,(H,14,18)(H,15,17)/t11-/m0/s1. The number of amides is 2. The van der Waals surface area contributed by atoms with Crippen LogP contribution in [0.2, 0.25) is 0 Å². The van der Waals surface area contributed by atoms with Gasteiger partial charge in [0.05, 0.1) is 4.92 Å². The van der Waals surface area contributed by atoms with E-state index in [1.165, 1.54) is 31.3 Å². The molecule has 1 aromatic carbocycles. The number of hydrogen-bond donors (Lipinski definition) is 2. The van der Waals surface area contributed by atoms with E-state index in [1.807, 2.05) is 6.26 Å². The zero-order valence-corrected chi connectivity index (χ0v) is 12.6. The van der Waals surface area contributed by atoms with Crippen LogP contribution in [0.4, 0.5) is 5.69 Å². The zero-order valence-electron chi connectivity index (χ0n) is 11.8. The van der Waals surface area contributed by atoms with E-state index in [9.17, 15) is 19.7 Å². The summed E-state index contributed by atoms with van der Waals surface area (Å²) in [6, 6.07) is 4.62. The van der Waals surface area contributed by atoms with Gasteiger partial charge in [0.2, 0.25) is 5.91 Å². The molecule has 0 aromatic heterocycles. The number of nitro benzene ring substituents is 1. The van der Waals surface area contributed by atoms with Gasteiger partial charge in [-0.3, -0.25) is 19.7 Å². The van der Waals surface area contributed by atoms with Crippen LogP contribution in [0.25, 0.3) is 0 Å². The van der Waals surface area contributed by atoms with Gasteiger partial charge in [-0.2, -0.15) is 11.8 Å². The number of carbonyl (C=O) groups is 2. The fourth-order valence-corrected chi connectivity index (χ4v) is 2.13. The molecule has 0 saturated heterocycles. The van der Waals surface area contributed by atoms with Crippen molar-refractivity contribution in [3.63, 3.8) is 0 Å². The molecular weight excluding hydrogens is 294 g/mol. The molecule has 8 heteroatoms. The SMILES string of the molecule is CNC(=O)[C@H](CCSC)NC(=O)c1ccc([N+](=O)[O-])cc1. The quantitative estimate of drug-likeness (QED) is 0.582. The van der Waals surface area contributed by atoms with E-state index in [-0.39, 0.29) is 17.2 Å². The first-order valence-electron chi connectivity index (χ1n) is 6.25. The molecule has 0 heterocycles. The van der Waals surface area contributed by atoms with E-state index >= 15 is 0 Å². The van der Waals surface area contributed by atoms with Crippen molar-refractivity contribution in [2.75, 3.05) is 19.1 Å². The van der Waals surface area contributed by atoms with Gasteiger partial charge >= 0.3 is 0 Å². The van der Waals surface area contributed by atoms with Crippen molar-refractivity contribution in [1.29, 1.82) is 0 Å². The first-order valence-corrected chi connectivity index (χ1v) is 7.64. The van der Waals surface area contributed by atoms with Crippen molar-refractivity contribution in [2.24, 2.45) is 0 Å². The van der Waals surface area contributed by atoms with Gasteiger partial charge in [-0.25, -0.2) is 0 Å². The van der Waals surface area contributed by atoms with Crippen LogP contribution in [-0.4, -0.2) is 41.8 Å². The topological polar surface area (TPSA) is 101 Å². The maximum Gasteiger partial charge on any atom is 0.269 e. The van der Waals surface area contributed by atoms with Crippen LogP contribution in [0, 0.1) is 10.1 Å². The lowest BCUT2D eigenvalue weighted by Gasteiger charge is -2.16. The Balaban J connectivity index is 2.76. The Labute approximate surface area is 126 Å². The van der Waals surface area contributed by atoms with E-state index in [0.29, 0.717) is 6.42 Å². The molecule has 0 bridgehead atoms. The Kier molecular flexibility index (Phi) is 6.67. The summed E-state index contributed by atoms with van der Waals surface area (Å²) in [6.07, 6.45) is 2.43. The number of non-ortho nitro benzene ring substituents is 1. The van der Waals surface area contributed by atoms with Crippen molar-refractivity contribution in [2.45, 2.75) is 12.5 Å². The Morgan fingerprint density at radius 2 is 1.95 bits per heavy atom. The predicted octanol–water partition coefficient (Wildman–Crippen LogP) is 1.19. The van der Waals surface area contributed by atoms with E-state index in [4.69, 9.17) is 0 Å². The van der Waals surface area contributed by atoms with Crippen LogP contribution in [-0.2, 0) is 4.79 Å². The van der Waals surface area contributed by atoms with E-state index < -0.39 is 16.9 Å². The average molecular weight is 311 g/mol. The number of hydrogen-bond acceptors (Lipinski definition) is 5. The van der Waals surface area contributed by atoms with Crippen LogP contribution in [0.5, 0.6) is 0 Å². The number of benzene rings is 1. The predicted molar refractivity (Wildman–Crippen MR) is 81.4 cm³/mol. The van der Waals surface area contributed by atoms with Crippen molar-refractivity contribution in [3.8, 4) is 0 Å². The summed E-state index contributed by atoms with van der Waals surface area (Å²) in [4.78, 5) is 33.8. The lowest BCUT2D eigenvalue weighted by Crippen LogP contribution is -2.46. The molecule has 0 aliphatic rings. The number of carbonyl (C=O) groups excluding carboxylic acids is 2. The van der Waals surface area contributed by atoms with Crippen LogP contribution >= 0.6 is 11.8 Å². The van der Waals surface area contributed by atoms with E-state index in [1.54, 1.807) is 11.8 Å². The highest BCUT2D eigenvalue weighted by Gasteiger charge is 2.20. The second kappa shape index (κ2) is 8.25. The number of nitrogens with one attached hydrogen (secondary N) is 2. The molecule has 21 heavy (non-hydrogen) atoms. The van der Waals surface area contributed by atoms with Crippen LogP contribution < -0.4 is 10.6 Å². The smallest absolute Gasteiger partial charge is 0.269 e.